The number of carbonyl (C=O) groups excluding carboxylic acids is 1. The van der Waals surface area contributed by atoms with Crippen molar-refractivity contribution in [2.75, 3.05) is 5.32 Å². The third kappa shape index (κ3) is 2.67. The molecular formula is C16H24N4O. The highest BCUT2D eigenvalue weighted by Crippen LogP contribution is 2.47. The molecule has 0 aromatic carbocycles. The summed E-state index contributed by atoms with van der Waals surface area (Å²) >= 11 is 0. The van der Waals surface area contributed by atoms with Gasteiger partial charge in [-0.3, -0.25) is 4.79 Å². The molecule has 4 atom stereocenters. The molecule has 5 heteroatoms. The molecule has 1 heterocycles. The second-order valence-corrected chi connectivity index (χ2v) is 7.47. The Balaban J connectivity index is 1.68. The molecule has 3 rings (SSSR count). The highest BCUT2D eigenvalue weighted by Gasteiger charge is 2.49. The van der Waals surface area contributed by atoms with E-state index in [0.717, 1.165) is 18.7 Å². The summed E-state index contributed by atoms with van der Waals surface area (Å²) in [7, 11) is 0. The van der Waals surface area contributed by atoms with E-state index < -0.39 is 0 Å². The maximum Gasteiger partial charge on any atom is 0.229 e. The van der Waals surface area contributed by atoms with Crippen molar-refractivity contribution in [2.24, 2.45) is 23.5 Å². The molecule has 5 nitrogen and oxygen atoms in total. The van der Waals surface area contributed by atoms with Crippen LogP contribution in [0.5, 0.6) is 0 Å². The SMILES string of the molecule is CC(C)(C)c1ncc(NC(=O)C2C3CCC(C3)C2N)cn1. The second kappa shape index (κ2) is 5.05. The van der Waals surface area contributed by atoms with Crippen molar-refractivity contribution in [3.8, 4) is 0 Å². The van der Waals surface area contributed by atoms with Crippen molar-refractivity contribution in [1.29, 1.82) is 0 Å². The lowest BCUT2D eigenvalue weighted by Crippen LogP contribution is -2.42. The molecule has 1 aromatic heterocycles. The Morgan fingerprint density at radius 1 is 1.24 bits per heavy atom. The Morgan fingerprint density at radius 2 is 1.86 bits per heavy atom. The van der Waals surface area contributed by atoms with E-state index in [0.29, 0.717) is 17.5 Å². The highest BCUT2D eigenvalue weighted by molar-refractivity contribution is 5.93. The summed E-state index contributed by atoms with van der Waals surface area (Å²) in [6.45, 7) is 6.19. The first kappa shape index (κ1) is 14.4. The van der Waals surface area contributed by atoms with Crippen LogP contribution in [-0.4, -0.2) is 21.9 Å². The number of nitrogens with two attached hydrogens (primary N) is 1. The van der Waals surface area contributed by atoms with Crippen molar-refractivity contribution in [3.63, 3.8) is 0 Å². The average Bonchev–Trinajstić information content (AvgIpc) is 2.98. The van der Waals surface area contributed by atoms with Crippen molar-refractivity contribution in [1.82, 2.24) is 9.97 Å². The molecule has 1 aromatic rings. The van der Waals surface area contributed by atoms with E-state index in [-0.39, 0.29) is 23.3 Å². The third-order valence-electron chi connectivity index (χ3n) is 4.87. The summed E-state index contributed by atoms with van der Waals surface area (Å²) in [5.41, 5.74) is 6.78. The minimum Gasteiger partial charge on any atom is -0.327 e. The fourth-order valence-corrected chi connectivity index (χ4v) is 3.73. The molecule has 0 aliphatic heterocycles. The highest BCUT2D eigenvalue weighted by atomic mass is 16.2. The van der Waals surface area contributed by atoms with E-state index in [1.54, 1.807) is 12.4 Å². The van der Waals surface area contributed by atoms with Crippen LogP contribution in [0.2, 0.25) is 0 Å². The molecule has 2 fully saturated rings. The Morgan fingerprint density at radius 3 is 2.38 bits per heavy atom. The van der Waals surface area contributed by atoms with E-state index >= 15 is 0 Å². The molecule has 21 heavy (non-hydrogen) atoms. The summed E-state index contributed by atoms with van der Waals surface area (Å²) in [4.78, 5) is 21.1. The number of amides is 1. The van der Waals surface area contributed by atoms with Gasteiger partial charge in [-0.1, -0.05) is 20.8 Å². The van der Waals surface area contributed by atoms with Crippen molar-refractivity contribution in [2.45, 2.75) is 51.5 Å². The fraction of sp³-hybridized carbons (Fsp3) is 0.688. The third-order valence-corrected chi connectivity index (χ3v) is 4.87. The van der Waals surface area contributed by atoms with Crippen LogP contribution in [0.15, 0.2) is 12.4 Å². The Kier molecular flexibility index (Phi) is 3.48. The minimum atomic E-state index is -0.0878. The van der Waals surface area contributed by atoms with Crippen LogP contribution in [0.1, 0.15) is 45.9 Å². The van der Waals surface area contributed by atoms with Gasteiger partial charge in [0.25, 0.3) is 0 Å². The van der Waals surface area contributed by atoms with Crippen LogP contribution in [0.3, 0.4) is 0 Å². The number of fused-ring (bicyclic) bond motifs is 2. The molecule has 114 valence electrons. The summed E-state index contributed by atoms with van der Waals surface area (Å²) in [6, 6.07) is 0.0125. The predicted molar refractivity (Wildman–Crippen MR) is 81.7 cm³/mol. The lowest BCUT2D eigenvalue weighted by Gasteiger charge is -2.27. The number of nitrogens with zero attached hydrogens (tertiary/aromatic N) is 2. The maximum absolute atomic E-state index is 12.5. The molecule has 0 spiro atoms. The number of aromatic nitrogens is 2. The molecule has 0 saturated heterocycles. The van der Waals surface area contributed by atoms with E-state index in [2.05, 4.69) is 36.1 Å². The summed E-state index contributed by atoms with van der Waals surface area (Å²) in [5, 5.41) is 2.93. The average molecular weight is 288 g/mol. The molecule has 4 unspecified atom stereocenters. The monoisotopic (exact) mass is 288 g/mol. The van der Waals surface area contributed by atoms with Gasteiger partial charge in [-0.15, -0.1) is 0 Å². The van der Waals surface area contributed by atoms with Gasteiger partial charge in [0, 0.05) is 11.5 Å². The van der Waals surface area contributed by atoms with E-state index in [4.69, 9.17) is 5.73 Å². The zero-order valence-corrected chi connectivity index (χ0v) is 13.0. The van der Waals surface area contributed by atoms with Gasteiger partial charge in [0.2, 0.25) is 5.91 Å². The van der Waals surface area contributed by atoms with Gasteiger partial charge in [-0.2, -0.15) is 0 Å². The van der Waals surface area contributed by atoms with Gasteiger partial charge >= 0.3 is 0 Å². The number of rotatable bonds is 2. The molecule has 2 aliphatic rings. The normalized spacial score (nSPS) is 31.4. The molecule has 2 saturated carbocycles. The first-order valence-electron chi connectivity index (χ1n) is 7.75. The molecule has 2 bridgehead atoms. The van der Waals surface area contributed by atoms with Crippen molar-refractivity contribution >= 4 is 11.6 Å². The van der Waals surface area contributed by atoms with Crippen LogP contribution in [0.4, 0.5) is 5.69 Å². The minimum absolute atomic E-state index is 0.0125. The molecule has 1 amide bonds. The van der Waals surface area contributed by atoms with Gasteiger partial charge in [-0.05, 0) is 31.1 Å². The summed E-state index contributed by atoms with van der Waals surface area (Å²) < 4.78 is 0. The van der Waals surface area contributed by atoms with E-state index in [1.807, 2.05) is 0 Å². The quantitative estimate of drug-likeness (QED) is 0.873. The smallest absolute Gasteiger partial charge is 0.229 e. The second-order valence-electron chi connectivity index (χ2n) is 7.47. The van der Waals surface area contributed by atoms with Crippen LogP contribution in [0.25, 0.3) is 0 Å². The maximum atomic E-state index is 12.5. The zero-order chi connectivity index (χ0) is 15.2. The number of nitrogens with one attached hydrogen (secondary N) is 1. The van der Waals surface area contributed by atoms with Gasteiger partial charge in [0.05, 0.1) is 24.0 Å². The lowest BCUT2D eigenvalue weighted by atomic mass is 9.84. The van der Waals surface area contributed by atoms with Gasteiger partial charge in [-0.25, -0.2) is 9.97 Å². The predicted octanol–water partition coefficient (Wildman–Crippen LogP) is 2.09. The Labute approximate surface area is 125 Å². The van der Waals surface area contributed by atoms with Crippen molar-refractivity contribution < 1.29 is 4.79 Å². The summed E-state index contributed by atoms with van der Waals surface area (Å²) in [5.74, 6) is 1.75. The van der Waals surface area contributed by atoms with Crippen LogP contribution in [-0.2, 0) is 10.2 Å². The Hall–Kier alpha value is -1.49. The largest absolute Gasteiger partial charge is 0.327 e. The number of hydrogen-bond donors (Lipinski definition) is 2. The molecule has 2 aliphatic carbocycles. The van der Waals surface area contributed by atoms with Gasteiger partial charge in [0.15, 0.2) is 0 Å². The number of carbonyl (C=O) groups is 1. The lowest BCUT2D eigenvalue weighted by molar-refractivity contribution is -0.121. The number of anilines is 1. The first-order valence-corrected chi connectivity index (χ1v) is 7.75. The van der Waals surface area contributed by atoms with Gasteiger partial charge in [0.1, 0.15) is 5.82 Å². The van der Waals surface area contributed by atoms with Crippen LogP contribution < -0.4 is 11.1 Å². The fourth-order valence-electron chi connectivity index (χ4n) is 3.73. The molecule has 3 N–H and O–H groups in total. The molecule has 0 radical (unpaired) electrons. The first-order chi connectivity index (χ1) is 9.86. The topological polar surface area (TPSA) is 80.9 Å². The number of hydrogen-bond acceptors (Lipinski definition) is 4. The standard InChI is InChI=1S/C16H24N4O/c1-16(2,3)15-18-7-11(8-19-15)20-14(21)12-9-4-5-10(6-9)13(12)17/h7-10,12-13H,4-6,17H2,1-3H3,(H,20,21). The Bertz CT molecular complexity index is 532. The van der Waals surface area contributed by atoms with Gasteiger partial charge < -0.3 is 11.1 Å². The van der Waals surface area contributed by atoms with E-state index in [9.17, 15) is 4.79 Å². The molecular weight excluding hydrogens is 264 g/mol. The van der Waals surface area contributed by atoms with Crippen LogP contribution >= 0.6 is 0 Å². The van der Waals surface area contributed by atoms with Crippen molar-refractivity contribution in [3.05, 3.63) is 18.2 Å². The van der Waals surface area contributed by atoms with Crippen LogP contribution in [0, 0.1) is 17.8 Å². The summed E-state index contributed by atoms with van der Waals surface area (Å²) in [6.07, 6.45) is 6.79. The van der Waals surface area contributed by atoms with E-state index in [1.165, 1.54) is 6.42 Å². The zero-order valence-electron chi connectivity index (χ0n) is 13.0.